The second kappa shape index (κ2) is 9.22. The van der Waals surface area contributed by atoms with Crippen LogP contribution in [-0.4, -0.2) is 48.6 Å². The summed E-state index contributed by atoms with van der Waals surface area (Å²) in [7, 11) is 0. The number of carbonyl (C=O) groups excluding carboxylic acids is 3. The molecule has 0 unspecified atom stereocenters. The van der Waals surface area contributed by atoms with Crippen LogP contribution in [0.1, 0.15) is 44.0 Å². The summed E-state index contributed by atoms with van der Waals surface area (Å²) >= 11 is 0. The third-order valence-electron chi connectivity index (χ3n) is 3.99. The summed E-state index contributed by atoms with van der Waals surface area (Å²) in [5.74, 6) is -0.00879. The summed E-state index contributed by atoms with van der Waals surface area (Å²) < 4.78 is 10.2. The Morgan fingerprint density at radius 1 is 1.23 bits per heavy atom. The standard InChI is InChI=1S/C19H26N2O5/c1-13(2)12-25-19(24)21-9-7-16(8-10-21)20-18(23)15-5-4-6-17(11-15)26-14(3)22/h4-6,11,13,16H,7-10,12H2,1-3H3,(H,20,23). The molecule has 0 atom stereocenters. The normalized spacial score (nSPS) is 14.8. The average Bonchev–Trinajstić information content (AvgIpc) is 2.60. The van der Waals surface area contributed by atoms with Crippen LogP contribution in [0.2, 0.25) is 0 Å². The van der Waals surface area contributed by atoms with E-state index in [1.807, 2.05) is 13.8 Å². The van der Waals surface area contributed by atoms with E-state index >= 15 is 0 Å². The number of hydrogen-bond acceptors (Lipinski definition) is 5. The number of benzene rings is 1. The van der Waals surface area contributed by atoms with Crippen molar-refractivity contribution < 1.29 is 23.9 Å². The van der Waals surface area contributed by atoms with E-state index in [1.54, 1.807) is 23.1 Å². The number of likely N-dealkylation sites (tertiary alicyclic amines) is 1. The highest BCUT2D eigenvalue weighted by molar-refractivity contribution is 5.94. The van der Waals surface area contributed by atoms with Gasteiger partial charge in [-0.2, -0.15) is 0 Å². The Bertz CT molecular complexity index is 651. The number of esters is 1. The van der Waals surface area contributed by atoms with Crippen molar-refractivity contribution in [3.05, 3.63) is 29.8 Å². The molecule has 1 aromatic carbocycles. The van der Waals surface area contributed by atoms with Gasteiger partial charge in [-0.25, -0.2) is 4.79 Å². The average molecular weight is 362 g/mol. The molecule has 7 nitrogen and oxygen atoms in total. The molecule has 0 saturated carbocycles. The van der Waals surface area contributed by atoms with Crippen LogP contribution in [0.3, 0.4) is 0 Å². The molecule has 0 bridgehead atoms. The maximum absolute atomic E-state index is 12.4. The SMILES string of the molecule is CC(=O)Oc1cccc(C(=O)NC2CCN(C(=O)OCC(C)C)CC2)c1. The maximum atomic E-state index is 12.4. The fourth-order valence-electron chi connectivity index (χ4n) is 2.67. The zero-order valence-electron chi connectivity index (χ0n) is 15.5. The third kappa shape index (κ3) is 6.06. The van der Waals surface area contributed by atoms with Gasteiger partial charge in [0.1, 0.15) is 5.75 Å². The Kier molecular flexibility index (Phi) is 7.00. The molecule has 7 heteroatoms. The predicted molar refractivity (Wildman–Crippen MR) is 96.0 cm³/mol. The topological polar surface area (TPSA) is 84.9 Å². The maximum Gasteiger partial charge on any atom is 0.409 e. The van der Waals surface area contributed by atoms with Crippen molar-refractivity contribution in [2.45, 2.75) is 39.7 Å². The van der Waals surface area contributed by atoms with Crippen molar-refractivity contribution in [1.82, 2.24) is 10.2 Å². The molecule has 142 valence electrons. The minimum Gasteiger partial charge on any atom is -0.449 e. The Morgan fingerprint density at radius 2 is 1.92 bits per heavy atom. The van der Waals surface area contributed by atoms with Crippen LogP contribution in [0.5, 0.6) is 5.75 Å². The van der Waals surface area contributed by atoms with E-state index in [-0.39, 0.29) is 18.0 Å². The molecule has 2 rings (SSSR count). The highest BCUT2D eigenvalue weighted by atomic mass is 16.6. The number of rotatable bonds is 5. The van der Waals surface area contributed by atoms with Gasteiger partial charge in [-0.1, -0.05) is 19.9 Å². The quantitative estimate of drug-likeness (QED) is 0.643. The number of piperidine rings is 1. The first-order valence-corrected chi connectivity index (χ1v) is 8.86. The lowest BCUT2D eigenvalue weighted by Gasteiger charge is -2.31. The van der Waals surface area contributed by atoms with Crippen LogP contribution >= 0.6 is 0 Å². The van der Waals surface area contributed by atoms with Crippen LogP contribution in [-0.2, 0) is 9.53 Å². The smallest absolute Gasteiger partial charge is 0.409 e. The molecule has 1 heterocycles. The van der Waals surface area contributed by atoms with Gasteiger partial charge in [0.25, 0.3) is 5.91 Å². The molecule has 1 aliphatic heterocycles. The van der Waals surface area contributed by atoms with Crippen molar-refractivity contribution in [1.29, 1.82) is 0 Å². The second-order valence-electron chi connectivity index (χ2n) is 6.83. The summed E-state index contributed by atoms with van der Waals surface area (Å²) in [6.45, 7) is 6.81. The summed E-state index contributed by atoms with van der Waals surface area (Å²) in [6, 6.07) is 6.49. The van der Waals surface area contributed by atoms with E-state index in [1.165, 1.54) is 13.0 Å². The number of amides is 2. The monoisotopic (exact) mass is 362 g/mol. The lowest BCUT2D eigenvalue weighted by Crippen LogP contribution is -2.46. The highest BCUT2D eigenvalue weighted by Crippen LogP contribution is 2.16. The largest absolute Gasteiger partial charge is 0.449 e. The Labute approximate surface area is 153 Å². The van der Waals surface area contributed by atoms with Gasteiger partial charge in [0.2, 0.25) is 0 Å². The van der Waals surface area contributed by atoms with E-state index in [0.29, 0.717) is 49.8 Å². The molecule has 0 radical (unpaired) electrons. The first-order valence-electron chi connectivity index (χ1n) is 8.86. The molecule has 1 saturated heterocycles. The number of ether oxygens (including phenoxy) is 2. The van der Waals surface area contributed by atoms with Crippen molar-refractivity contribution in [2.75, 3.05) is 19.7 Å². The van der Waals surface area contributed by atoms with Gasteiger partial charge in [-0.3, -0.25) is 9.59 Å². The van der Waals surface area contributed by atoms with Crippen molar-refractivity contribution in [3.63, 3.8) is 0 Å². The van der Waals surface area contributed by atoms with Crippen molar-refractivity contribution >= 4 is 18.0 Å². The van der Waals surface area contributed by atoms with Gasteiger partial charge in [-0.15, -0.1) is 0 Å². The lowest BCUT2D eigenvalue weighted by molar-refractivity contribution is -0.131. The molecule has 0 aliphatic carbocycles. The zero-order valence-corrected chi connectivity index (χ0v) is 15.5. The molecular formula is C19H26N2O5. The van der Waals surface area contributed by atoms with Gasteiger partial charge in [0.05, 0.1) is 6.61 Å². The van der Waals surface area contributed by atoms with Gasteiger partial charge >= 0.3 is 12.1 Å². The molecule has 26 heavy (non-hydrogen) atoms. The van der Waals surface area contributed by atoms with E-state index in [9.17, 15) is 14.4 Å². The Morgan fingerprint density at radius 3 is 2.54 bits per heavy atom. The molecule has 1 fully saturated rings. The van der Waals surface area contributed by atoms with E-state index < -0.39 is 5.97 Å². The number of hydrogen-bond donors (Lipinski definition) is 1. The van der Waals surface area contributed by atoms with Crippen LogP contribution < -0.4 is 10.1 Å². The molecule has 1 aliphatic rings. The minimum absolute atomic E-state index is 0.00553. The lowest BCUT2D eigenvalue weighted by atomic mass is 10.0. The van der Waals surface area contributed by atoms with Gasteiger partial charge in [0, 0.05) is 31.6 Å². The molecular weight excluding hydrogens is 336 g/mol. The first kappa shape index (κ1) is 19.8. The van der Waals surface area contributed by atoms with E-state index in [4.69, 9.17) is 9.47 Å². The summed E-state index contributed by atoms with van der Waals surface area (Å²) in [5.41, 5.74) is 0.433. The molecule has 1 aromatic rings. The van der Waals surface area contributed by atoms with Gasteiger partial charge in [-0.05, 0) is 37.0 Å². The highest BCUT2D eigenvalue weighted by Gasteiger charge is 2.25. The zero-order chi connectivity index (χ0) is 19.1. The fraction of sp³-hybridized carbons (Fsp3) is 0.526. The summed E-state index contributed by atoms with van der Waals surface area (Å²) in [6.07, 6.45) is 1.05. The summed E-state index contributed by atoms with van der Waals surface area (Å²) in [4.78, 5) is 37.0. The van der Waals surface area contributed by atoms with Crippen LogP contribution in [0.15, 0.2) is 24.3 Å². The van der Waals surface area contributed by atoms with Gasteiger partial charge in [0.15, 0.2) is 0 Å². The van der Waals surface area contributed by atoms with Crippen molar-refractivity contribution in [2.24, 2.45) is 5.92 Å². The van der Waals surface area contributed by atoms with Gasteiger partial charge < -0.3 is 19.7 Å². The minimum atomic E-state index is -0.431. The van der Waals surface area contributed by atoms with Crippen LogP contribution in [0.4, 0.5) is 4.79 Å². The number of carbonyl (C=O) groups is 3. The van der Waals surface area contributed by atoms with Crippen molar-refractivity contribution in [3.8, 4) is 5.75 Å². The molecule has 0 aromatic heterocycles. The first-order chi connectivity index (χ1) is 12.3. The van der Waals surface area contributed by atoms with Crippen LogP contribution in [0.25, 0.3) is 0 Å². The third-order valence-corrected chi connectivity index (χ3v) is 3.99. The Hall–Kier alpha value is -2.57. The number of nitrogens with one attached hydrogen (secondary N) is 1. The van der Waals surface area contributed by atoms with E-state index in [0.717, 1.165) is 0 Å². The molecule has 2 amide bonds. The number of nitrogens with zero attached hydrogens (tertiary/aromatic N) is 1. The summed E-state index contributed by atoms with van der Waals surface area (Å²) in [5, 5.41) is 2.97. The van der Waals surface area contributed by atoms with E-state index in [2.05, 4.69) is 5.32 Å². The predicted octanol–water partition coefficient (Wildman–Crippen LogP) is 2.60. The second-order valence-corrected chi connectivity index (χ2v) is 6.83. The van der Waals surface area contributed by atoms with Crippen LogP contribution in [0, 0.1) is 5.92 Å². The molecule has 1 N–H and O–H groups in total. The molecule has 0 spiro atoms. The Balaban J connectivity index is 1.82. The fourth-order valence-corrected chi connectivity index (χ4v) is 2.67.